The molecule has 1 saturated carbocycles. The molecule has 1 saturated heterocycles. The van der Waals surface area contributed by atoms with Gasteiger partial charge in [-0.25, -0.2) is 18.9 Å². The summed E-state index contributed by atoms with van der Waals surface area (Å²) in [6, 6.07) is 1.17. The fourth-order valence-corrected chi connectivity index (χ4v) is 4.93. The largest absolute Gasteiger partial charge is 0.480 e. The van der Waals surface area contributed by atoms with Crippen LogP contribution in [0.3, 0.4) is 0 Å². The summed E-state index contributed by atoms with van der Waals surface area (Å²) in [6.07, 6.45) is -6.83. The summed E-state index contributed by atoms with van der Waals surface area (Å²) in [6.45, 7) is 0.861. The van der Waals surface area contributed by atoms with E-state index in [-0.39, 0.29) is 29.6 Å². The highest BCUT2D eigenvalue weighted by Gasteiger charge is 2.44. The van der Waals surface area contributed by atoms with E-state index in [4.69, 9.17) is 4.74 Å². The number of hydrogen-bond donors (Lipinski definition) is 1. The van der Waals surface area contributed by atoms with Crippen LogP contribution in [0.1, 0.15) is 24.4 Å². The summed E-state index contributed by atoms with van der Waals surface area (Å²) >= 11 is 0. The second-order valence-corrected chi connectivity index (χ2v) is 8.92. The van der Waals surface area contributed by atoms with Crippen molar-refractivity contribution in [3.05, 3.63) is 35.7 Å². The van der Waals surface area contributed by atoms with Crippen molar-refractivity contribution in [3.8, 4) is 5.75 Å². The van der Waals surface area contributed by atoms with Crippen molar-refractivity contribution < 1.29 is 35.5 Å². The van der Waals surface area contributed by atoms with Gasteiger partial charge in [-0.1, -0.05) is 0 Å². The first-order valence-electron chi connectivity index (χ1n) is 11.1. The molecule has 0 aromatic carbocycles. The van der Waals surface area contributed by atoms with Gasteiger partial charge in [-0.2, -0.15) is 31.3 Å². The molecule has 1 aliphatic heterocycles. The van der Waals surface area contributed by atoms with Gasteiger partial charge < -0.3 is 15.0 Å². The first kappa shape index (κ1) is 24.3. The SMILES string of the molecule is Cc1ncc(F)c(N2C[C@H]3CC[C@@H](C2)[C@@H]3Nc2nc3c(OCC(F)(F)F)ccc(C(F)(F)F)n3n2)n1. The van der Waals surface area contributed by atoms with Crippen molar-refractivity contribution in [1.82, 2.24) is 24.6 Å². The maximum absolute atomic E-state index is 14.3. The maximum atomic E-state index is 14.3. The van der Waals surface area contributed by atoms with Crippen LogP contribution in [0.2, 0.25) is 0 Å². The number of ether oxygens (including phenoxy) is 1. The summed E-state index contributed by atoms with van der Waals surface area (Å²) in [5.74, 6) is -0.571. The van der Waals surface area contributed by atoms with Crippen LogP contribution in [0.4, 0.5) is 42.5 Å². The average molecular weight is 519 g/mol. The molecule has 3 aromatic rings. The van der Waals surface area contributed by atoms with Gasteiger partial charge in [-0.05, 0) is 43.7 Å². The highest BCUT2D eigenvalue weighted by molar-refractivity contribution is 5.57. The molecule has 5 rings (SSSR count). The quantitative estimate of drug-likeness (QED) is 0.505. The number of piperidine rings is 1. The van der Waals surface area contributed by atoms with E-state index in [2.05, 4.69) is 25.4 Å². The molecule has 2 bridgehead atoms. The monoisotopic (exact) mass is 519 g/mol. The van der Waals surface area contributed by atoms with Crippen molar-refractivity contribution in [1.29, 1.82) is 0 Å². The molecule has 1 N–H and O–H groups in total. The molecule has 3 atom stereocenters. The molecule has 0 unspecified atom stereocenters. The predicted octanol–water partition coefficient (Wildman–Crippen LogP) is 4.25. The third-order valence-corrected chi connectivity index (χ3v) is 6.41. The zero-order valence-electron chi connectivity index (χ0n) is 18.7. The zero-order valence-corrected chi connectivity index (χ0v) is 18.7. The van der Waals surface area contributed by atoms with Gasteiger partial charge in [0.15, 0.2) is 29.6 Å². The normalized spacial score (nSPS) is 22.3. The van der Waals surface area contributed by atoms with E-state index in [1.54, 1.807) is 6.92 Å². The van der Waals surface area contributed by atoms with Crippen LogP contribution in [-0.2, 0) is 6.18 Å². The lowest BCUT2D eigenvalue weighted by Gasteiger charge is -2.38. The summed E-state index contributed by atoms with van der Waals surface area (Å²) in [5, 5.41) is 6.96. The molecule has 2 aliphatic rings. The van der Waals surface area contributed by atoms with E-state index in [1.165, 1.54) is 0 Å². The predicted molar refractivity (Wildman–Crippen MR) is 112 cm³/mol. The number of alkyl halides is 6. The Hall–Kier alpha value is -3.39. The van der Waals surface area contributed by atoms with E-state index in [0.717, 1.165) is 25.1 Å². The smallest absolute Gasteiger partial charge is 0.433 e. The van der Waals surface area contributed by atoms with E-state index in [0.29, 0.717) is 29.5 Å². The zero-order chi connectivity index (χ0) is 25.8. The van der Waals surface area contributed by atoms with Gasteiger partial charge in [0.25, 0.3) is 0 Å². The van der Waals surface area contributed by atoms with Gasteiger partial charge in [0.2, 0.25) is 5.95 Å². The van der Waals surface area contributed by atoms with Crippen LogP contribution in [-0.4, -0.2) is 56.5 Å². The highest BCUT2D eigenvalue weighted by atomic mass is 19.4. The minimum Gasteiger partial charge on any atom is -0.480 e. The number of halogens is 7. The first-order valence-corrected chi connectivity index (χ1v) is 11.1. The van der Waals surface area contributed by atoms with Gasteiger partial charge in [-0.3, -0.25) is 0 Å². The van der Waals surface area contributed by atoms with Gasteiger partial charge in [-0.15, -0.1) is 5.10 Å². The van der Waals surface area contributed by atoms with Gasteiger partial charge in [0.05, 0.1) is 6.20 Å². The van der Waals surface area contributed by atoms with Crippen LogP contribution in [0.5, 0.6) is 5.75 Å². The summed E-state index contributed by atoms with van der Waals surface area (Å²) in [4.78, 5) is 13.9. The van der Waals surface area contributed by atoms with Crippen LogP contribution >= 0.6 is 0 Å². The van der Waals surface area contributed by atoms with Crippen LogP contribution in [0.25, 0.3) is 5.65 Å². The van der Waals surface area contributed by atoms with E-state index in [1.807, 2.05) is 4.90 Å². The molecular weight excluding hydrogens is 499 g/mol. The highest BCUT2D eigenvalue weighted by Crippen LogP contribution is 2.40. The lowest BCUT2D eigenvalue weighted by atomic mass is 9.92. The van der Waals surface area contributed by atoms with E-state index >= 15 is 0 Å². The van der Waals surface area contributed by atoms with Crippen molar-refractivity contribution in [2.45, 2.75) is 38.2 Å². The number of pyridine rings is 1. The number of nitrogens with one attached hydrogen (secondary N) is 1. The second kappa shape index (κ2) is 8.62. The van der Waals surface area contributed by atoms with Crippen molar-refractivity contribution in [2.75, 3.05) is 29.9 Å². The summed E-state index contributed by atoms with van der Waals surface area (Å²) < 4.78 is 97.9. The third kappa shape index (κ3) is 4.69. The summed E-state index contributed by atoms with van der Waals surface area (Å²) in [5.41, 5.74) is -1.69. The number of hydrogen-bond acceptors (Lipinski definition) is 7. The molecule has 0 radical (unpaired) electrons. The van der Waals surface area contributed by atoms with Gasteiger partial charge in [0.1, 0.15) is 11.5 Å². The van der Waals surface area contributed by atoms with Crippen LogP contribution in [0, 0.1) is 24.6 Å². The maximum Gasteiger partial charge on any atom is 0.433 e. The van der Waals surface area contributed by atoms with Gasteiger partial charge >= 0.3 is 12.4 Å². The standard InChI is InChI=1S/C21H20F7N7O/c1-10-29-6-13(22)17(30-10)34-7-11-2-3-12(8-34)16(11)31-19-32-18-14(36-9-20(23,24)25)4-5-15(21(26,27)28)35(18)33-19/h4-6,11-12,16H,2-3,7-9H2,1H3,(H,31,33)/t11-,12+,16-. The Labute approximate surface area is 199 Å². The topological polar surface area (TPSA) is 80.5 Å². The van der Waals surface area contributed by atoms with Crippen molar-refractivity contribution in [2.24, 2.45) is 11.8 Å². The molecule has 36 heavy (non-hydrogen) atoms. The summed E-state index contributed by atoms with van der Waals surface area (Å²) in [7, 11) is 0. The lowest BCUT2D eigenvalue weighted by molar-refractivity contribution is -0.153. The van der Waals surface area contributed by atoms with Crippen LogP contribution < -0.4 is 15.0 Å². The van der Waals surface area contributed by atoms with E-state index < -0.39 is 41.9 Å². The molecule has 4 heterocycles. The minimum absolute atomic E-state index is 0.00642. The molecule has 2 fully saturated rings. The fraction of sp³-hybridized carbons (Fsp3) is 0.524. The van der Waals surface area contributed by atoms with Crippen molar-refractivity contribution in [3.63, 3.8) is 0 Å². The van der Waals surface area contributed by atoms with Gasteiger partial charge in [0, 0.05) is 19.1 Å². The Bertz CT molecular complexity index is 1260. The van der Waals surface area contributed by atoms with Crippen molar-refractivity contribution >= 4 is 17.4 Å². The Morgan fingerprint density at radius 1 is 1.06 bits per heavy atom. The fourth-order valence-electron chi connectivity index (χ4n) is 4.93. The number of nitrogens with zero attached hydrogens (tertiary/aromatic N) is 6. The molecule has 194 valence electrons. The number of anilines is 2. The molecule has 8 nitrogen and oxygen atoms in total. The Morgan fingerprint density at radius 3 is 2.39 bits per heavy atom. The molecule has 0 amide bonds. The van der Waals surface area contributed by atoms with E-state index in [9.17, 15) is 30.7 Å². The Kier molecular flexibility index (Phi) is 5.82. The third-order valence-electron chi connectivity index (χ3n) is 6.41. The molecule has 0 spiro atoms. The molecular formula is C21H20F7N7O. The number of rotatable bonds is 5. The van der Waals surface area contributed by atoms with Crippen LogP contribution in [0.15, 0.2) is 18.3 Å². The number of aryl methyl sites for hydroxylation is 1. The minimum atomic E-state index is -4.82. The lowest BCUT2D eigenvalue weighted by Crippen LogP contribution is -2.48. The first-order chi connectivity index (χ1) is 16.9. The molecule has 3 aromatic heterocycles. The molecule has 1 aliphatic carbocycles. The number of fused-ring (bicyclic) bond motifs is 3. The Morgan fingerprint density at radius 2 is 1.75 bits per heavy atom. The Balaban J connectivity index is 1.41. The second-order valence-electron chi connectivity index (χ2n) is 8.92. The molecule has 15 heteroatoms. The average Bonchev–Trinajstić information content (AvgIpc) is 3.29. The number of aromatic nitrogens is 5.